The maximum absolute atomic E-state index is 12.0. The Morgan fingerprint density at radius 2 is 1.84 bits per heavy atom. The van der Waals surface area contributed by atoms with Crippen LogP contribution in [0.15, 0.2) is 27.1 Å². The molecule has 0 aliphatic rings. The van der Waals surface area contributed by atoms with Gasteiger partial charge in [0.2, 0.25) is 5.91 Å². The predicted octanol–water partition coefficient (Wildman–Crippen LogP) is 4.30. The van der Waals surface area contributed by atoms with Crippen molar-refractivity contribution in [2.45, 2.75) is 39.7 Å². The van der Waals surface area contributed by atoms with E-state index < -0.39 is 0 Å². The van der Waals surface area contributed by atoms with Crippen molar-refractivity contribution in [1.29, 1.82) is 0 Å². The van der Waals surface area contributed by atoms with Crippen LogP contribution in [0.1, 0.15) is 33.6 Å². The number of rotatable bonds is 4. The van der Waals surface area contributed by atoms with Crippen LogP contribution >= 0.6 is 31.9 Å². The van der Waals surface area contributed by atoms with E-state index in [4.69, 9.17) is 5.73 Å². The van der Waals surface area contributed by atoms with Crippen LogP contribution < -0.4 is 11.1 Å². The number of hydrogen-bond acceptors (Lipinski definition) is 2. The van der Waals surface area contributed by atoms with Gasteiger partial charge in [-0.2, -0.15) is 0 Å². The number of amides is 1. The molecule has 3 N–H and O–H groups in total. The fourth-order valence-corrected chi connectivity index (χ4v) is 3.10. The lowest BCUT2D eigenvalue weighted by atomic mass is 9.87. The molecule has 1 atom stereocenters. The van der Waals surface area contributed by atoms with E-state index in [0.717, 1.165) is 21.1 Å². The van der Waals surface area contributed by atoms with E-state index in [2.05, 4.69) is 57.9 Å². The van der Waals surface area contributed by atoms with Gasteiger partial charge in [0.1, 0.15) is 0 Å². The van der Waals surface area contributed by atoms with Gasteiger partial charge >= 0.3 is 0 Å². The number of carbonyl (C=O) groups excluding carboxylic acids is 1. The number of para-hydroxylation sites is 1. The van der Waals surface area contributed by atoms with Gasteiger partial charge in [0.15, 0.2) is 0 Å². The molecule has 1 unspecified atom stereocenters. The predicted molar refractivity (Wildman–Crippen MR) is 87.1 cm³/mol. The Kier molecular flexibility index (Phi) is 6.02. The van der Waals surface area contributed by atoms with Crippen LogP contribution in [0.2, 0.25) is 0 Å². The van der Waals surface area contributed by atoms with E-state index in [-0.39, 0.29) is 17.4 Å². The molecule has 0 aromatic heterocycles. The van der Waals surface area contributed by atoms with Gasteiger partial charge in [0.05, 0.1) is 5.69 Å². The Morgan fingerprint density at radius 1 is 1.32 bits per heavy atom. The number of nitrogens with one attached hydrogen (secondary N) is 1. The van der Waals surface area contributed by atoms with Crippen molar-refractivity contribution in [3.05, 3.63) is 27.1 Å². The normalized spacial score (nSPS) is 13.2. The Labute approximate surface area is 131 Å². The molecule has 0 radical (unpaired) electrons. The zero-order valence-electron chi connectivity index (χ0n) is 11.5. The molecule has 0 heterocycles. The highest BCUT2D eigenvalue weighted by molar-refractivity contribution is 9.11. The second kappa shape index (κ2) is 6.86. The first-order valence-corrected chi connectivity index (χ1v) is 7.77. The molecule has 0 bridgehead atoms. The van der Waals surface area contributed by atoms with E-state index >= 15 is 0 Å². The van der Waals surface area contributed by atoms with Crippen LogP contribution in [0.25, 0.3) is 0 Å². The second-order valence-corrected chi connectivity index (χ2v) is 7.58. The SMILES string of the molecule is CC(C)(C)CC(N)CC(=O)Nc1c(Br)cccc1Br. The van der Waals surface area contributed by atoms with Crippen molar-refractivity contribution in [3.8, 4) is 0 Å². The third-order valence-corrected chi connectivity index (χ3v) is 3.87. The van der Waals surface area contributed by atoms with E-state index in [1.165, 1.54) is 0 Å². The smallest absolute Gasteiger partial charge is 0.225 e. The molecule has 0 aliphatic carbocycles. The van der Waals surface area contributed by atoms with Crippen LogP contribution in [0.3, 0.4) is 0 Å². The zero-order valence-corrected chi connectivity index (χ0v) is 14.6. The first-order valence-electron chi connectivity index (χ1n) is 6.18. The maximum Gasteiger partial charge on any atom is 0.225 e. The van der Waals surface area contributed by atoms with Crippen molar-refractivity contribution in [2.24, 2.45) is 11.1 Å². The summed E-state index contributed by atoms with van der Waals surface area (Å²) in [4.78, 5) is 12.0. The molecule has 1 rings (SSSR count). The summed E-state index contributed by atoms with van der Waals surface area (Å²) in [5, 5.41) is 2.88. The summed E-state index contributed by atoms with van der Waals surface area (Å²) < 4.78 is 1.69. The van der Waals surface area contributed by atoms with E-state index in [1.807, 2.05) is 18.2 Å². The average Bonchev–Trinajstić information content (AvgIpc) is 2.20. The van der Waals surface area contributed by atoms with Crippen LogP contribution in [0.4, 0.5) is 5.69 Å². The zero-order chi connectivity index (χ0) is 14.6. The van der Waals surface area contributed by atoms with Gasteiger partial charge < -0.3 is 11.1 Å². The molecule has 0 aliphatic heterocycles. The largest absolute Gasteiger partial charge is 0.327 e. The lowest BCUT2D eigenvalue weighted by Crippen LogP contribution is -2.31. The van der Waals surface area contributed by atoms with Gasteiger partial charge in [0.25, 0.3) is 0 Å². The lowest BCUT2D eigenvalue weighted by Gasteiger charge is -2.22. The first kappa shape index (κ1) is 16.7. The van der Waals surface area contributed by atoms with Gasteiger partial charge in [-0.05, 0) is 55.8 Å². The van der Waals surface area contributed by atoms with Crippen molar-refractivity contribution in [2.75, 3.05) is 5.32 Å². The van der Waals surface area contributed by atoms with E-state index in [9.17, 15) is 4.79 Å². The highest BCUT2D eigenvalue weighted by Crippen LogP contribution is 2.30. The Morgan fingerprint density at radius 3 is 2.32 bits per heavy atom. The Balaban J connectivity index is 2.61. The minimum absolute atomic E-state index is 0.0654. The van der Waals surface area contributed by atoms with Gasteiger partial charge in [-0.1, -0.05) is 26.8 Å². The van der Waals surface area contributed by atoms with Crippen LogP contribution in [0.5, 0.6) is 0 Å². The molecule has 106 valence electrons. The summed E-state index contributed by atoms with van der Waals surface area (Å²) in [5.41, 5.74) is 6.88. The summed E-state index contributed by atoms with van der Waals surface area (Å²) in [7, 11) is 0. The van der Waals surface area contributed by atoms with Crippen LogP contribution in [-0.4, -0.2) is 11.9 Å². The molecular weight excluding hydrogens is 372 g/mol. The van der Waals surface area contributed by atoms with Crippen molar-refractivity contribution >= 4 is 43.5 Å². The molecule has 0 saturated carbocycles. The highest BCUT2D eigenvalue weighted by atomic mass is 79.9. The maximum atomic E-state index is 12.0. The quantitative estimate of drug-likeness (QED) is 0.803. The molecule has 3 nitrogen and oxygen atoms in total. The van der Waals surface area contributed by atoms with Crippen molar-refractivity contribution in [1.82, 2.24) is 0 Å². The number of benzene rings is 1. The van der Waals surface area contributed by atoms with E-state index in [1.54, 1.807) is 0 Å². The summed E-state index contributed by atoms with van der Waals surface area (Å²) in [6.07, 6.45) is 1.14. The average molecular weight is 392 g/mol. The molecule has 19 heavy (non-hydrogen) atoms. The summed E-state index contributed by atoms with van der Waals surface area (Å²) in [5.74, 6) is -0.0654. The number of nitrogens with two attached hydrogens (primary N) is 1. The van der Waals surface area contributed by atoms with Crippen molar-refractivity contribution < 1.29 is 4.79 Å². The molecule has 1 aromatic carbocycles. The van der Waals surface area contributed by atoms with E-state index in [0.29, 0.717) is 6.42 Å². The minimum atomic E-state index is -0.124. The van der Waals surface area contributed by atoms with Gasteiger partial charge in [0, 0.05) is 21.4 Å². The van der Waals surface area contributed by atoms with Crippen LogP contribution in [0, 0.1) is 5.41 Å². The highest BCUT2D eigenvalue weighted by Gasteiger charge is 2.19. The van der Waals surface area contributed by atoms with Crippen LogP contribution in [-0.2, 0) is 4.79 Å². The third kappa shape index (κ3) is 6.06. The molecule has 1 aromatic rings. The topological polar surface area (TPSA) is 55.1 Å². The number of halogens is 2. The third-order valence-electron chi connectivity index (χ3n) is 2.55. The molecule has 0 fully saturated rings. The fraction of sp³-hybridized carbons (Fsp3) is 0.500. The fourth-order valence-electron chi connectivity index (χ4n) is 1.90. The molecule has 1 amide bonds. The molecule has 0 spiro atoms. The monoisotopic (exact) mass is 390 g/mol. The Bertz CT molecular complexity index is 435. The van der Waals surface area contributed by atoms with Gasteiger partial charge in [-0.25, -0.2) is 0 Å². The minimum Gasteiger partial charge on any atom is -0.327 e. The molecule has 0 saturated heterocycles. The number of hydrogen-bond donors (Lipinski definition) is 2. The Hall–Kier alpha value is -0.390. The van der Waals surface area contributed by atoms with Gasteiger partial charge in [-0.3, -0.25) is 4.79 Å². The first-order chi connectivity index (χ1) is 8.69. The number of anilines is 1. The summed E-state index contributed by atoms with van der Waals surface area (Å²) in [6.45, 7) is 6.36. The molecular formula is C14H20Br2N2O. The number of carbonyl (C=O) groups is 1. The molecule has 5 heteroatoms. The van der Waals surface area contributed by atoms with Crippen molar-refractivity contribution in [3.63, 3.8) is 0 Å². The lowest BCUT2D eigenvalue weighted by molar-refractivity contribution is -0.116. The summed E-state index contributed by atoms with van der Waals surface area (Å²) >= 11 is 6.83. The second-order valence-electron chi connectivity index (χ2n) is 5.87. The standard InChI is InChI=1S/C14H20Br2N2O/c1-14(2,3)8-9(17)7-12(19)18-13-10(15)5-4-6-11(13)16/h4-6,9H,7-8,17H2,1-3H3,(H,18,19). The summed E-state index contributed by atoms with van der Waals surface area (Å²) in [6, 6.07) is 5.54. The van der Waals surface area contributed by atoms with Gasteiger partial charge in [-0.15, -0.1) is 0 Å².